The van der Waals surface area contributed by atoms with Crippen LogP contribution in [0, 0.1) is 17.8 Å². The van der Waals surface area contributed by atoms with E-state index in [0.717, 1.165) is 0 Å². The van der Waals surface area contributed by atoms with Gasteiger partial charge in [-0.25, -0.2) is 0 Å². The smallest absolute Gasteiger partial charge is 0.391 e. The van der Waals surface area contributed by atoms with Crippen LogP contribution in [0.15, 0.2) is 0 Å². The van der Waals surface area contributed by atoms with Crippen LogP contribution in [0.1, 0.15) is 39.5 Å². The largest absolute Gasteiger partial charge is 0.480 e. The summed E-state index contributed by atoms with van der Waals surface area (Å²) in [6.45, 7) is 3.64. The molecule has 0 unspecified atom stereocenters. The first-order valence-electron chi connectivity index (χ1n) is 7.18. The molecule has 0 bridgehead atoms. The summed E-state index contributed by atoms with van der Waals surface area (Å²) >= 11 is 0. The number of carbonyl (C=O) groups excluding carboxylic acids is 1. The van der Waals surface area contributed by atoms with Crippen molar-refractivity contribution in [3.05, 3.63) is 0 Å². The summed E-state index contributed by atoms with van der Waals surface area (Å²) in [6, 6.07) is 0. The number of rotatable bonds is 5. The van der Waals surface area contributed by atoms with Crippen LogP contribution < -0.4 is 0 Å². The second kappa shape index (κ2) is 7.13. The van der Waals surface area contributed by atoms with E-state index in [1.807, 2.05) is 13.8 Å². The van der Waals surface area contributed by atoms with Gasteiger partial charge in [0.25, 0.3) is 0 Å². The lowest BCUT2D eigenvalue weighted by molar-refractivity contribution is -0.185. The van der Waals surface area contributed by atoms with Gasteiger partial charge in [-0.1, -0.05) is 13.8 Å². The first-order valence-corrected chi connectivity index (χ1v) is 7.18. The number of carboxylic acid groups (broad SMARTS) is 1. The minimum Gasteiger partial charge on any atom is -0.480 e. The molecule has 122 valence electrons. The first kappa shape index (κ1) is 17.8. The van der Waals surface area contributed by atoms with Gasteiger partial charge in [0.15, 0.2) is 0 Å². The number of carbonyl (C=O) groups is 2. The SMILES string of the molecule is CC(C)CN(CC(=O)O)C(=O)C1CCC(C(F)(F)F)CC1. The van der Waals surface area contributed by atoms with Gasteiger partial charge in [-0.15, -0.1) is 0 Å². The lowest BCUT2D eigenvalue weighted by Gasteiger charge is -2.32. The fourth-order valence-corrected chi connectivity index (χ4v) is 2.76. The highest BCUT2D eigenvalue weighted by molar-refractivity contribution is 5.83. The summed E-state index contributed by atoms with van der Waals surface area (Å²) in [5.41, 5.74) is 0. The van der Waals surface area contributed by atoms with Gasteiger partial charge in [0.05, 0.1) is 5.92 Å². The Bertz CT molecular complexity index is 374. The van der Waals surface area contributed by atoms with Crippen LogP contribution in [-0.2, 0) is 9.59 Å². The number of nitrogens with zero attached hydrogens (tertiary/aromatic N) is 1. The van der Waals surface area contributed by atoms with Crippen LogP contribution in [0.2, 0.25) is 0 Å². The normalized spacial score (nSPS) is 23.1. The Morgan fingerprint density at radius 1 is 1.19 bits per heavy atom. The molecule has 0 heterocycles. The van der Waals surface area contributed by atoms with Gasteiger partial charge in [0.2, 0.25) is 5.91 Å². The Labute approximate surface area is 122 Å². The van der Waals surface area contributed by atoms with Crippen molar-refractivity contribution in [2.24, 2.45) is 17.8 Å². The van der Waals surface area contributed by atoms with Crippen LogP contribution in [0.3, 0.4) is 0 Å². The average Bonchev–Trinajstić information content (AvgIpc) is 2.35. The van der Waals surface area contributed by atoms with Crippen molar-refractivity contribution >= 4 is 11.9 Å². The third-order valence-corrected chi connectivity index (χ3v) is 3.76. The molecule has 1 aliphatic rings. The maximum Gasteiger partial charge on any atom is 0.391 e. The molecule has 1 N–H and O–H groups in total. The van der Waals surface area contributed by atoms with E-state index in [4.69, 9.17) is 5.11 Å². The molecule has 1 rings (SSSR count). The zero-order valence-electron chi connectivity index (χ0n) is 12.3. The molecule has 0 aliphatic heterocycles. The number of alkyl halides is 3. The minimum absolute atomic E-state index is 0.0531. The Morgan fingerprint density at radius 3 is 2.10 bits per heavy atom. The van der Waals surface area contributed by atoms with Gasteiger partial charge >= 0.3 is 12.1 Å². The summed E-state index contributed by atoms with van der Waals surface area (Å²) in [5.74, 6) is -3.14. The molecule has 4 nitrogen and oxygen atoms in total. The van der Waals surface area contributed by atoms with E-state index in [9.17, 15) is 22.8 Å². The van der Waals surface area contributed by atoms with Crippen molar-refractivity contribution in [2.75, 3.05) is 13.1 Å². The molecule has 0 spiro atoms. The van der Waals surface area contributed by atoms with Crippen LogP contribution in [0.25, 0.3) is 0 Å². The molecule has 0 radical (unpaired) electrons. The Balaban J connectivity index is 2.62. The highest BCUT2D eigenvalue weighted by Gasteiger charge is 2.43. The average molecular weight is 309 g/mol. The van der Waals surface area contributed by atoms with E-state index in [1.54, 1.807) is 0 Å². The summed E-state index contributed by atoms with van der Waals surface area (Å²) in [4.78, 5) is 24.4. The molecular weight excluding hydrogens is 287 g/mol. The Hall–Kier alpha value is -1.27. The van der Waals surface area contributed by atoms with Crippen molar-refractivity contribution < 1.29 is 27.9 Å². The van der Waals surface area contributed by atoms with E-state index in [2.05, 4.69) is 0 Å². The van der Waals surface area contributed by atoms with E-state index < -0.39 is 30.5 Å². The third kappa shape index (κ3) is 5.55. The summed E-state index contributed by atoms with van der Waals surface area (Å²) in [6.07, 6.45) is -3.95. The zero-order valence-corrected chi connectivity index (χ0v) is 12.3. The van der Waals surface area contributed by atoms with Crippen LogP contribution in [0.4, 0.5) is 13.2 Å². The maximum absolute atomic E-state index is 12.6. The molecule has 1 fully saturated rings. The summed E-state index contributed by atoms with van der Waals surface area (Å²) in [5, 5.41) is 8.85. The van der Waals surface area contributed by atoms with Crippen molar-refractivity contribution in [3.63, 3.8) is 0 Å². The molecule has 0 atom stereocenters. The lowest BCUT2D eigenvalue weighted by atomic mass is 9.81. The van der Waals surface area contributed by atoms with Gasteiger partial charge in [-0.05, 0) is 31.6 Å². The van der Waals surface area contributed by atoms with E-state index >= 15 is 0 Å². The number of carboxylic acids is 1. The molecule has 21 heavy (non-hydrogen) atoms. The molecule has 1 saturated carbocycles. The van der Waals surface area contributed by atoms with E-state index in [1.165, 1.54) is 4.90 Å². The fraction of sp³-hybridized carbons (Fsp3) is 0.857. The number of hydrogen-bond acceptors (Lipinski definition) is 2. The fourth-order valence-electron chi connectivity index (χ4n) is 2.76. The number of amides is 1. The molecular formula is C14H22F3NO3. The van der Waals surface area contributed by atoms with Gasteiger partial charge in [0.1, 0.15) is 6.54 Å². The second-order valence-electron chi connectivity index (χ2n) is 6.10. The summed E-state index contributed by atoms with van der Waals surface area (Å²) in [7, 11) is 0. The molecule has 0 aromatic carbocycles. The van der Waals surface area contributed by atoms with Gasteiger partial charge in [0, 0.05) is 12.5 Å². The van der Waals surface area contributed by atoms with Crippen LogP contribution in [-0.4, -0.2) is 41.1 Å². The highest BCUT2D eigenvalue weighted by Crippen LogP contribution is 2.39. The number of aliphatic carboxylic acids is 1. The van der Waals surface area contributed by atoms with Crippen molar-refractivity contribution in [3.8, 4) is 0 Å². The maximum atomic E-state index is 12.6. The zero-order chi connectivity index (χ0) is 16.2. The van der Waals surface area contributed by atoms with Gasteiger partial charge < -0.3 is 10.0 Å². The number of halogens is 3. The molecule has 0 aromatic heterocycles. The van der Waals surface area contributed by atoms with Crippen LogP contribution >= 0.6 is 0 Å². The quantitative estimate of drug-likeness (QED) is 0.849. The Morgan fingerprint density at radius 2 is 1.71 bits per heavy atom. The second-order valence-corrected chi connectivity index (χ2v) is 6.10. The van der Waals surface area contributed by atoms with Gasteiger partial charge in [-0.3, -0.25) is 9.59 Å². The Kier molecular flexibility index (Phi) is 6.04. The van der Waals surface area contributed by atoms with E-state index in [0.29, 0.717) is 6.54 Å². The topological polar surface area (TPSA) is 57.6 Å². The highest BCUT2D eigenvalue weighted by atomic mass is 19.4. The molecule has 1 amide bonds. The van der Waals surface area contributed by atoms with Gasteiger partial charge in [-0.2, -0.15) is 13.2 Å². The van der Waals surface area contributed by atoms with Crippen molar-refractivity contribution in [2.45, 2.75) is 45.7 Å². The van der Waals surface area contributed by atoms with Crippen molar-refractivity contribution in [1.29, 1.82) is 0 Å². The molecule has 7 heteroatoms. The van der Waals surface area contributed by atoms with Crippen LogP contribution in [0.5, 0.6) is 0 Å². The third-order valence-electron chi connectivity index (χ3n) is 3.76. The monoisotopic (exact) mass is 309 g/mol. The van der Waals surface area contributed by atoms with E-state index in [-0.39, 0.29) is 37.5 Å². The lowest BCUT2D eigenvalue weighted by Crippen LogP contribution is -2.43. The molecule has 0 aromatic rings. The standard InChI is InChI=1S/C14H22F3NO3/c1-9(2)7-18(8-12(19)20)13(21)10-3-5-11(6-4-10)14(15,16)17/h9-11H,3-8H2,1-2H3,(H,19,20). The predicted molar refractivity (Wildman–Crippen MR) is 70.6 cm³/mol. The predicted octanol–water partition coefficient (Wildman–Crippen LogP) is 2.92. The summed E-state index contributed by atoms with van der Waals surface area (Å²) < 4.78 is 37.8. The molecule has 0 saturated heterocycles. The molecule has 1 aliphatic carbocycles. The first-order chi connectivity index (χ1) is 9.61. The van der Waals surface area contributed by atoms with Crippen molar-refractivity contribution in [1.82, 2.24) is 4.90 Å². The number of hydrogen-bond donors (Lipinski definition) is 1. The minimum atomic E-state index is -4.20.